The maximum Gasteiger partial charge on any atom is 0.407 e. The third kappa shape index (κ3) is 3.83. The van der Waals surface area contributed by atoms with E-state index in [9.17, 15) is 9.59 Å². The molecule has 0 aromatic carbocycles. The van der Waals surface area contributed by atoms with Crippen LogP contribution in [0.25, 0.3) is 0 Å². The topological polar surface area (TPSA) is 87.3 Å². The van der Waals surface area contributed by atoms with Gasteiger partial charge < -0.3 is 15.0 Å². The number of nitrogens with one attached hydrogen (secondary N) is 2. The van der Waals surface area contributed by atoms with Crippen LogP contribution >= 0.6 is 11.6 Å². The summed E-state index contributed by atoms with van der Waals surface area (Å²) >= 11 is 6.03. The molecule has 0 spiro atoms. The lowest BCUT2D eigenvalue weighted by Gasteiger charge is -2.29. The van der Waals surface area contributed by atoms with E-state index < -0.39 is 5.56 Å². The molecule has 1 aliphatic heterocycles. The smallest absolute Gasteiger partial charge is 0.407 e. The van der Waals surface area contributed by atoms with Gasteiger partial charge in [0.1, 0.15) is 11.1 Å². The summed E-state index contributed by atoms with van der Waals surface area (Å²) in [7, 11) is 0. The number of alkyl carbamates (subject to hydrolysis) is 1. The number of aromatic nitrogens is 2. The van der Waals surface area contributed by atoms with E-state index in [-0.39, 0.29) is 23.3 Å². The maximum absolute atomic E-state index is 12.1. The quantitative estimate of drug-likeness (QED) is 0.869. The van der Waals surface area contributed by atoms with Crippen molar-refractivity contribution < 1.29 is 9.53 Å². The minimum Gasteiger partial charge on any atom is -0.444 e. The van der Waals surface area contributed by atoms with Gasteiger partial charge in [0, 0.05) is 19.0 Å². The summed E-state index contributed by atoms with van der Waals surface area (Å²) in [6.45, 7) is 3.35. The second kappa shape index (κ2) is 7.42. The first-order valence-corrected chi connectivity index (χ1v) is 8.87. The molecule has 132 valence electrons. The molecule has 1 aliphatic carbocycles. The summed E-state index contributed by atoms with van der Waals surface area (Å²) in [4.78, 5) is 25.6. The maximum atomic E-state index is 12.1. The van der Waals surface area contributed by atoms with E-state index in [0.717, 1.165) is 19.3 Å². The fourth-order valence-corrected chi connectivity index (χ4v) is 3.72. The molecule has 1 aromatic heterocycles. The van der Waals surface area contributed by atoms with Crippen LogP contribution < -0.4 is 15.8 Å². The van der Waals surface area contributed by atoms with E-state index >= 15 is 0 Å². The van der Waals surface area contributed by atoms with Gasteiger partial charge in [-0.1, -0.05) is 31.4 Å². The standard InChI is InChI=1S/C16H23ClN4O3/c1-10-4-2-3-5-12(10)19-16(23)24-11-6-7-21(9-11)13-8-18-20-15(22)14(13)17/h8,10-12H,2-7,9H2,1H3,(H,19,23)(H,20,22)/t10-,11+,12+/m0/s1. The molecular formula is C16H23ClN4O3. The van der Waals surface area contributed by atoms with Gasteiger partial charge in [-0.05, 0) is 18.8 Å². The summed E-state index contributed by atoms with van der Waals surface area (Å²) in [6.07, 6.45) is 6.22. The molecule has 2 N–H and O–H groups in total. The Labute approximate surface area is 145 Å². The van der Waals surface area contributed by atoms with Gasteiger partial charge in [-0.2, -0.15) is 5.10 Å². The van der Waals surface area contributed by atoms with Crippen LogP contribution in [0.2, 0.25) is 5.02 Å². The summed E-state index contributed by atoms with van der Waals surface area (Å²) in [5.41, 5.74) is 0.162. The van der Waals surface area contributed by atoms with Gasteiger partial charge in [0.25, 0.3) is 5.56 Å². The van der Waals surface area contributed by atoms with Gasteiger partial charge in [0.2, 0.25) is 0 Å². The van der Waals surface area contributed by atoms with Gasteiger partial charge in [0.15, 0.2) is 0 Å². The van der Waals surface area contributed by atoms with Crippen molar-refractivity contribution in [2.24, 2.45) is 5.92 Å². The van der Waals surface area contributed by atoms with Crippen molar-refractivity contribution in [2.45, 2.75) is 51.2 Å². The van der Waals surface area contributed by atoms with Crippen LogP contribution in [0.5, 0.6) is 0 Å². The molecule has 7 nitrogen and oxygen atoms in total. The van der Waals surface area contributed by atoms with E-state index in [4.69, 9.17) is 16.3 Å². The number of H-pyrrole nitrogens is 1. The van der Waals surface area contributed by atoms with Gasteiger partial charge >= 0.3 is 6.09 Å². The third-order valence-corrected chi connectivity index (χ3v) is 5.32. The molecule has 8 heteroatoms. The lowest BCUT2D eigenvalue weighted by molar-refractivity contribution is 0.0992. The first-order chi connectivity index (χ1) is 11.5. The Morgan fingerprint density at radius 3 is 3.00 bits per heavy atom. The molecule has 1 saturated carbocycles. The minimum absolute atomic E-state index is 0.117. The monoisotopic (exact) mass is 354 g/mol. The van der Waals surface area contributed by atoms with Crippen LogP contribution in [0.3, 0.4) is 0 Å². The zero-order chi connectivity index (χ0) is 17.1. The van der Waals surface area contributed by atoms with Crippen molar-refractivity contribution in [3.05, 3.63) is 21.6 Å². The molecule has 1 saturated heterocycles. The second-order valence-electron chi connectivity index (χ2n) is 6.67. The van der Waals surface area contributed by atoms with Gasteiger partial charge in [-0.3, -0.25) is 4.79 Å². The lowest BCUT2D eigenvalue weighted by atomic mass is 9.86. The van der Waals surface area contributed by atoms with E-state index in [0.29, 0.717) is 31.1 Å². The summed E-state index contributed by atoms with van der Waals surface area (Å²) in [6, 6.07) is 0.204. The summed E-state index contributed by atoms with van der Waals surface area (Å²) in [5, 5.41) is 9.19. The fourth-order valence-electron chi connectivity index (χ4n) is 3.51. The number of aromatic amines is 1. The molecular weight excluding hydrogens is 332 g/mol. The highest BCUT2D eigenvalue weighted by Gasteiger charge is 2.29. The van der Waals surface area contributed by atoms with Crippen LogP contribution in [-0.2, 0) is 4.74 Å². The van der Waals surface area contributed by atoms with Crippen molar-refractivity contribution in [1.29, 1.82) is 0 Å². The molecule has 2 fully saturated rings. The highest BCUT2D eigenvalue weighted by atomic mass is 35.5. The largest absolute Gasteiger partial charge is 0.444 e. The first-order valence-electron chi connectivity index (χ1n) is 8.50. The highest BCUT2D eigenvalue weighted by Crippen LogP contribution is 2.26. The Balaban J connectivity index is 1.53. The van der Waals surface area contributed by atoms with E-state index in [1.165, 1.54) is 12.6 Å². The van der Waals surface area contributed by atoms with E-state index in [1.54, 1.807) is 0 Å². The van der Waals surface area contributed by atoms with Crippen molar-refractivity contribution in [3.8, 4) is 0 Å². The second-order valence-corrected chi connectivity index (χ2v) is 7.05. The lowest BCUT2D eigenvalue weighted by Crippen LogP contribution is -2.42. The van der Waals surface area contributed by atoms with Crippen LogP contribution in [0.4, 0.5) is 10.5 Å². The van der Waals surface area contributed by atoms with Crippen molar-refractivity contribution >= 4 is 23.4 Å². The molecule has 1 aromatic rings. The average Bonchev–Trinajstić information content (AvgIpc) is 3.00. The number of rotatable bonds is 3. The average molecular weight is 355 g/mol. The number of hydrogen-bond donors (Lipinski definition) is 2. The molecule has 0 bridgehead atoms. The molecule has 2 heterocycles. The van der Waals surface area contributed by atoms with Gasteiger partial charge in [-0.25, -0.2) is 9.89 Å². The molecule has 2 aliphatic rings. The van der Waals surface area contributed by atoms with E-state index in [1.807, 2.05) is 4.90 Å². The molecule has 1 amide bonds. The number of ether oxygens (including phenoxy) is 1. The van der Waals surface area contributed by atoms with Crippen LogP contribution in [0.15, 0.2) is 11.0 Å². The SMILES string of the molecule is C[C@H]1CCCC[C@H]1NC(=O)O[C@@H]1CCN(c2cn[nH]c(=O)c2Cl)C1. The number of anilines is 1. The third-order valence-electron chi connectivity index (χ3n) is 4.95. The number of nitrogens with zero attached hydrogens (tertiary/aromatic N) is 2. The van der Waals surface area contributed by atoms with Crippen molar-refractivity contribution in [1.82, 2.24) is 15.5 Å². The Hall–Kier alpha value is -1.76. The van der Waals surface area contributed by atoms with Gasteiger partial charge in [0.05, 0.1) is 18.4 Å². The molecule has 3 atom stereocenters. The Morgan fingerprint density at radius 2 is 2.21 bits per heavy atom. The molecule has 0 radical (unpaired) electrons. The number of amides is 1. The first kappa shape index (κ1) is 17.1. The predicted molar refractivity (Wildman–Crippen MR) is 91.5 cm³/mol. The Bertz CT molecular complexity index is 650. The van der Waals surface area contributed by atoms with Gasteiger partial charge in [-0.15, -0.1) is 0 Å². The van der Waals surface area contributed by atoms with Crippen molar-refractivity contribution in [3.63, 3.8) is 0 Å². The van der Waals surface area contributed by atoms with Crippen LogP contribution in [0.1, 0.15) is 39.0 Å². The number of carbonyl (C=O) groups is 1. The Kier molecular flexibility index (Phi) is 5.28. The predicted octanol–water partition coefficient (Wildman–Crippen LogP) is 2.31. The molecule has 24 heavy (non-hydrogen) atoms. The summed E-state index contributed by atoms with van der Waals surface area (Å²) < 4.78 is 5.54. The normalized spacial score (nSPS) is 27.1. The fraction of sp³-hybridized carbons (Fsp3) is 0.688. The molecule has 0 unspecified atom stereocenters. The number of carbonyl (C=O) groups excluding carboxylic acids is 1. The molecule has 3 rings (SSSR count). The number of halogens is 1. The number of hydrogen-bond acceptors (Lipinski definition) is 5. The minimum atomic E-state index is -0.414. The Morgan fingerprint density at radius 1 is 1.42 bits per heavy atom. The highest BCUT2D eigenvalue weighted by molar-refractivity contribution is 6.33. The van der Waals surface area contributed by atoms with Crippen molar-refractivity contribution in [2.75, 3.05) is 18.0 Å². The zero-order valence-corrected chi connectivity index (χ0v) is 14.5. The van der Waals surface area contributed by atoms with Crippen LogP contribution in [0, 0.1) is 5.92 Å². The van der Waals surface area contributed by atoms with E-state index in [2.05, 4.69) is 22.4 Å². The van der Waals surface area contributed by atoms with Crippen LogP contribution in [-0.4, -0.2) is 41.5 Å². The summed E-state index contributed by atoms with van der Waals surface area (Å²) in [5.74, 6) is 0.493. The zero-order valence-electron chi connectivity index (χ0n) is 13.8.